The van der Waals surface area contributed by atoms with Gasteiger partial charge >= 0.3 is 0 Å². The van der Waals surface area contributed by atoms with Gasteiger partial charge in [-0.15, -0.1) is 0 Å². The highest BCUT2D eigenvalue weighted by Gasteiger charge is 2.31. The SMILES string of the molecule is CCC(C)C(C)C(C)(O)CCC(C)C. The van der Waals surface area contributed by atoms with Gasteiger partial charge in [0, 0.05) is 0 Å². The zero-order valence-electron chi connectivity index (χ0n) is 10.8. The van der Waals surface area contributed by atoms with Crippen molar-refractivity contribution in [2.24, 2.45) is 17.8 Å². The smallest absolute Gasteiger partial charge is 0.0647 e. The lowest BCUT2D eigenvalue weighted by Gasteiger charge is -2.34. The first-order valence-electron chi connectivity index (χ1n) is 6.03. The lowest BCUT2D eigenvalue weighted by atomic mass is 9.77. The molecule has 1 N–H and O–H groups in total. The number of hydrogen-bond acceptors (Lipinski definition) is 1. The van der Waals surface area contributed by atoms with Crippen LogP contribution in [0.5, 0.6) is 0 Å². The molecule has 0 aliphatic rings. The molecule has 0 aromatic heterocycles. The maximum atomic E-state index is 10.3. The van der Waals surface area contributed by atoms with E-state index in [0.717, 1.165) is 19.3 Å². The molecule has 1 heteroatoms. The average Bonchev–Trinajstić information content (AvgIpc) is 2.12. The fourth-order valence-electron chi connectivity index (χ4n) is 1.78. The van der Waals surface area contributed by atoms with Gasteiger partial charge in [-0.05, 0) is 37.5 Å². The van der Waals surface area contributed by atoms with Crippen molar-refractivity contribution < 1.29 is 5.11 Å². The lowest BCUT2D eigenvalue weighted by molar-refractivity contribution is -0.0270. The van der Waals surface area contributed by atoms with Crippen LogP contribution in [0.3, 0.4) is 0 Å². The Bertz CT molecular complexity index is 149. The first kappa shape index (κ1) is 14.0. The molecule has 0 heterocycles. The summed E-state index contributed by atoms with van der Waals surface area (Å²) in [5.41, 5.74) is -0.486. The Morgan fingerprint density at radius 3 is 2.00 bits per heavy atom. The summed E-state index contributed by atoms with van der Waals surface area (Å²) in [7, 11) is 0. The Hall–Kier alpha value is -0.0400. The van der Waals surface area contributed by atoms with Gasteiger partial charge in [0.25, 0.3) is 0 Å². The molecular formula is C13H28O. The van der Waals surface area contributed by atoms with Crippen molar-refractivity contribution in [1.82, 2.24) is 0 Å². The highest BCUT2D eigenvalue weighted by molar-refractivity contribution is 4.82. The maximum absolute atomic E-state index is 10.3. The van der Waals surface area contributed by atoms with Crippen LogP contribution >= 0.6 is 0 Å². The Labute approximate surface area is 89.9 Å². The molecule has 14 heavy (non-hydrogen) atoms. The van der Waals surface area contributed by atoms with Crippen LogP contribution in [-0.4, -0.2) is 10.7 Å². The second-order valence-corrected chi connectivity index (χ2v) is 5.46. The summed E-state index contributed by atoms with van der Waals surface area (Å²) in [4.78, 5) is 0. The summed E-state index contributed by atoms with van der Waals surface area (Å²) in [6, 6.07) is 0. The van der Waals surface area contributed by atoms with Crippen LogP contribution in [0.1, 0.15) is 60.8 Å². The molecular weight excluding hydrogens is 172 g/mol. The van der Waals surface area contributed by atoms with Crippen LogP contribution < -0.4 is 0 Å². The van der Waals surface area contributed by atoms with Crippen LogP contribution in [-0.2, 0) is 0 Å². The molecule has 0 saturated heterocycles. The monoisotopic (exact) mass is 200 g/mol. The van der Waals surface area contributed by atoms with Crippen molar-refractivity contribution in [3.05, 3.63) is 0 Å². The van der Waals surface area contributed by atoms with Gasteiger partial charge in [-0.1, -0.05) is 41.0 Å². The summed E-state index contributed by atoms with van der Waals surface area (Å²) in [5, 5.41) is 10.3. The maximum Gasteiger partial charge on any atom is 0.0647 e. The number of rotatable bonds is 6. The van der Waals surface area contributed by atoms with E-state index in [1.54, 1.807) is 0 Å². The molecule has 0 aliphatic carbocycles. The normalized spacial score (nSPS) is 20.6. The number of hydrogen-bond donors (Lipinski definition) is 1. The van der Waals surface area contributed by atoms with Gasteiger partial charge in [0.2, 0.25) is 0 Å². The fraction of sp³-hybridized carbons (Fsp3) is 1.00. The molecule has 0 saturated carbocycles. The molecule has 1 nitrogen and oxygen atoms in total. The van der Waals surface area contributed by atoms with Gasteiger partial charge in [-0.25, -0.2) is 0 Å². The second kappa shape index (κ2) is 5.75. The topological polar surface area (TPSA) is 20.2 Å². The van der Waals surface area contributed by atoms with Crippen LogP contribution in [0.15, 0.2) is 0 Å². The Morgan fingerprint density at radius 1 is 1.14 bits per heavy atom. The highest BCUT2D eigenvalue weighted by Crippen LogP contribution is 2.31. The van der Waals surface area contributed by atoms with E-state index in [0.29, 0.717) is 17.8 Å². The lowest BCUT2D eigenvalue weighted by Crippen LogP contribution is -2.36. The van der Waals surface area contributed by atoms with Gasteiger partial charge < -0.3 is 5.11 Å². The highest BCUT2D eigenvalue weighted by atomic mass is 16.3. The zero-order valence-corrected chi connectivity index (χ0v) is 10.8. The fourth-order valence-corrected chi connectivity index (χ4v) is 1.78. The molecule has 0 aliphatic heterocycles. The van der Waals surface area contributed by atoms with Crippen molar-refractivity contribution in [3.8, 4) is 0 Å². The van der Waals surface area contributed by atoms with E-state index in [2.05, 4.69) is 34.6 Å². The van der Waals surface area contributed by atoms with Crippen molar-refractivity contribution in [1.29, 1.82) is 0 Å². The quantitative estimate of drug-likeness (QED) is 0.690. The largest absolute Gasteiger partial charge is 0.390 e. The molecule has 0 rings (SSSR count). The predicted octanol–water partition coefficient (Wildman–Crippen LogP) is 3.86. The first-order valence-corrected chi connectivity index (χ1v) is 6.03. The van der Waals surface area contributed by atoms with Gasteiger partial charge in [0.05, 0.1) is 5.60 Å². The minimum atomic E-state index is -0.486. The molecule has 0 radical (unpaired) electrons. The van der Waals surface area contributed by atoms with Crippen molar-refractivity contribution in [2.45, 2.75) is 66.4 Å². The predicted molar refractivity (Wildman–Crippen MR) is 63.3 cm³/mol. The Kier molecular flexibility index (Phi) is 5.73. The minimum Gasteiger partial charge on any atom is -0.390 e. The van der Waals surface area contributed by atoms with E-state index in [1.165, 1.54) is 0 Å². The van der Waals surface area contributed by atoms with Crippen molar-refractivity contribution in [2.75, 3.05) is 0 Å². The van der Waals surface area contributed by atoms with Crippen LogP contribution in [0.25, 0.3) is 0 Å². The molecule has 86 valence electrons. The van der Waals surface area contributed by atoms with E-state index < -0.39 is 5.60 Å². The van der Waals surface area contributed by atoms with E-state index >= 15 is 0 Å². The summed E-state index contributed by atoms with van der Waals surface area (Å²) in [6.45, 7) is 13.0. The summed E-state index contributed by atoms with van der Waals surface area (Å²) in [5.74, 6) is 1.69. The van der Waals surface area contributed by atoms with Crippen molar-refractivity contribution in [3.63, 3.8) is 0 Å². The van der Waals surface area contributed by atoms with E-state index in [4.69, 9.17) is 0 Å². The Balaban J connectivity index is 4.15. The van der Waals surface area contributed by atoms with Gasteiger partial charge in [0.1, 0.15) is 0 Å². The third-order valence-electron chi connectivity index (χ3n) is 3.71. The zero-order chi connectivity index (χ0) is 11.4. The number of aliphatic hydroxyl groups is 1. The van der Waals surface area contributed by atoms with Crippen LogP contribution in [0, 0.1) is 17.8 Å². The van der Waals surface area contributed by atoms with Crippen LogP contribution in [0.4, 0.5) is 0 Å². The van der Waals surface area contributed by atoms with Crippen LogP contribution in [0.2, 0.25) is 0 Å². The molecule has 0 amide bonds. The van der Waals surface area contributed by atoms with E-state index in [9.17, 15) is 5.11 Å². The molecule has 0 aromatic rings. The molecule has 0 fully saturated rings. The first-order chi connectivity index (χ1) is 6.31. The Morgan fingerprint density at radius 2 is 1.64 bits per heavy atom. The third-order valence-corrected chi connectivity index (χ3v) is 3.71. The molecule has 3 unspecified atom stereocenters. The summed E-state index contributed by atoms with van der Waals surface area (Å²) >= 11 is 0. The second-order valence-electron chi connectivity index (χ2n) is 5.46. The summed E-state index contributed by atoms with van der Waals surface area (Å²) < 4.78 is 0. The van der Waals surface area contributed by atoms with Gasteiger partial charge in [-0.2, -0.15) is 0 Å². The standard InChI is InChI=1S/C13H28O/c1-7-11(4)12(5)13(6,14)9-8-10(2)3/h10-12,14H,7-9H2,1-6H3. The van der Waals surface area contributed by atoms with E-state index in [-0.39, 0.29) is 0 Å². The molecule has 0 bridgehead atoms. The summed E-state index contributed by atoms with van der Waals surface area (Å²) in [6.07, 6.45) is 3.20. The van der Waals surface area contributed by atoms with E-state index in [1.807, 2.05) is 6.92 Å². The van der Waals surface area contributed by atoms with Gasteiger partial charge in [0.15, 0.2) is 0 Å². The molecule has 0 spiro atoms. The average molecular weight is 200 g/mol. The molecule has 0 aromatic carbocycles. The van der Waals surface area contributed by atoms with Gasteiger partial charge in [-0.3, -0.25) is 0 Å². The molecule has 3 atom stereocenters. The third kappa shape index (κ3) is 4.45. The van der Waals surface area contributed by atoms with Crippen molar-refractivity contribution >= 4 is 0 Å². The minimum absolute atomic E-state index is 0.395.